The number of carbonyl (C=O) groups is 2. The fourth-order valence-electron chi connectivity index (χ4n) is 4.69. The number of aromatic amines is 1. The number of nitrogens with one attached hydrogen (secondary N) is 2. The zero-order chi connectivity index (χ0) is 25.3. The van der Waals surface area contributed by atoms with Crippen LogP contribution < -0.4 is 10.9 Å². The fraction of sp³-hybridized carbons (Fsp3) is 0.440. The van der Waals surface area contributed by atoms with Gasteiger partial charge in [-0.25, -0.2) is 0 Å². The number of H-pyrrole nitrogens is 1. The van der Waals surface area contributed by atoms with Crippen LogP contribution in [0.4, 0.5) is 0 Å². The van der Waals surface area contributed by atoms with Gasteiger partial charge < -0.3 is 20.1 Å². The van der Waals surface area contributed by atoms with Gasteiger partial charge in [-0.3, -0.25) is 19.1 Å². The molecule has 1 fully saturated rings. The number of halogens is 1. The Labute approximate surface area is 212 Å². The average Bonchev–Trinajstić information content (AvgIpc) is 3.21. The van der Waals surface area contributed by atoms with Crippen LogP contribution in [-0.4, -0.2) is 70.1 Å². The highest BCUT2D eigenvalue weighted by Crippen LogP contribution is 2.30. The second kappa shape index (κ2) is 10.3. The molecule has 0 spiro atoms. The first-order chi connectivity index (χ1) is 16.6. The van der Waals surface area contributed by atoms with Crippen molar-refractivity contribution in [2.45, 2.75) is 39.3 Å². The molecule has 0 saturated carbocycles. The van der Waals surface area contributed by atoms with Crippen LogP contribution in [0.2, 0.25) is 0 Å². The highest BCUT2D eigenvalue weighted by molar-refractivity contribution is 9.10. The van der Waals surface area contributed by atoms with Crippen molar-refractivity contribution in [1.82, 2.24) is 29.9 Å². The minimum atomic E-state index is -0.265. The summed E-state index contributed by atoms with van der Waals surface area (Å²) in [5.74, 6) is -0.123. The maximum absolute atomic E-state index is 13.1. The van der Waals surface area contributed by atoms with Gasteiger partial charge >= 0.3 is 0 Å². The number of piperidine rings is 1. The molecule has 1 aromatic carbocycles. The summed E-state index contributed by atoms with van der Waals surface area (Å²) in [4.78, 5) is 44.4. The van der Waals surface area contributed by atoms with E-state index in [4.69, 9.17) is 0 Å². The van der Waals surface area contributed by atoms with Gasteiger partial charge in [0.15, 0.2) is 0 Å². The Balaban J connectivity index is 1.52. The molecule has 1 saturated heterocycles. The third-order valence-corrected chi connectivity index (χ3v) is 6.92. The molecule has 2 amide bonds. The van der Waals surface area contributed by atoms with Crippen molar-refractivity contribution in [3.8, 4) is 0 Å². The molecule has 1 aliphatic heterocycles. The molecule has 1 aliphatic rings. The third kappa shape index (κ3) is 5.48. The van der Waals surface area contributed by atoms with Gasteiger partial charge in [0.1, 0.15) is 0 Å². The van der Waals surface area contributed by atoms with E-state index in [1.54, 1.807) is 12.3 Å². The van der Waals surface area contributed by atoms with Crippen LogP contribution >= 0.6 is 15.9 Å². The average molecular weight is 543 g/mol. The van der Waals surface area contributed by atoms with E-state index < -0.39 is 0 Å². The van der Waals surface area contributed by atoms with E-state index in [0.29, 0.717) is 30.8 Å². The van der Waals surface area contributed by atoms with Crippen molar-refractivity contribution in [3.05, 3.63) is 61.6 Å². The van der Waals surface area contributed by atoms with E-state index in [1.165, 1.54) is 0 Å². The molecule has 0 radical (unpaired) electrons. The summed E-state index contributed by atoms with van der Waals surface area (Å²) >= 11 is 3.54. The SMILES string of the molecule is Cc1cc(C)c(CNC(=O)c2cc(Br)cc3c2cnn3C2CCN(C(=O)CN(C)C)CC2)c(=O)[nH]1. The summed E-state index contributed by atoms with van der Waals surface area (Å²) < 4.78 is 2.75. The van der Waals surface area contributed by atoms with Crippen LogP contribution in [0.25, 0.3) is 10.9 Å². The second-order valence-electron chi connectivity index (χ2n) is 9.45. The monoisotopic (exact) mass is 542 g/mol. The van der Waals surface area contributed by atoms with Crippen molar-refractivity contribution in [3.63, 3.8) is 0 Å². The minimum Gasteiger partial charge on any atom is -0.348 e. The van der Waals surface area contributed by atoms with Crippen LogP contribution in [0.3, 0.4) is 0 Å². The van der Waals surface area contributed by atoms with E-state index in [9.17, 15) is 14.4 Å². The number of fused-ring (bicyclic) bond motifs is 1. The number of amides is 2. The standard InChI is InChI=1S/C25H31BrN6O3/c1-15-9-16(2)29-25(35)20(15)12-27-24(34)19-10-17(26)11-22-21(19)13-28-32(22)18-5-7-31(8-6-18)23(33)14-30(3)4/h9-11,13,18H,5-8,12,14H2,1-4H3,(H,27,34)(H,29,35). The van der Waals surface area contributed by atoms with Gasteiger partial charge in [0.05, 0.1) is 29.9 Å². The van der Waals surface area contributed by atoms with Crippen LogP contribution in [0.1, 0.15) is 46.1 Å². The Morgan fingerprint density at radius 1 is 1.20 bits per heavy atom. The number of carbonyl (C=O) groups excluding carboxylic acids is 2. The Morgan fingerprint density at radius 2 is 1.91 bits per heavy atom. The number of hydrogen-bond donors (Lipinski definition) is 2. The second-order valence-corrected chi connectivity index (χ2v) is 10.4. The van der Waals surface area contributed by atoms with Crippen molar-refractivity contribution in [2.24, 2.45) is 0 Å². The number of likely N-dealkylation sites (N-methyl/N-ethyl adjacent to an activating group) is 1. The van der Waals surface area contributed by atoms with Gasteiger partial charge in [0.2, 0.25) is 5.91 Å². The summed E-state index contributed by atoms with van der Waals surface area (Å²) in [6.45, 7) is 5.62. The summed E-state index contributed by atoms with van der Waals surface area (Å²) in [5, 5.41) is 8.28. The lowest BCUT2D eigenvalue weighted by Gasteiger charge is -2.33. The van der Waals surface area contributed by atoms with Gasteiger partial charge in [-0.15, -0.1) is 0 Å². The van der Waals surface area contributed by atoms with Crippen LogP contribution in [-0.2, 0) is 11.3 Å². The molecule has 0 aliphatic carbocycles. The lowest BCUT2D eigenvalue weighted by Crippen LogP contribution is -2.43. The summed E-state index contributed by atoms with van der Waals surface area (Å²) in [7, 11) is 3.79. The zero-order valence-corrected chi connectivity index (χ0v) is 22.1. The summed E-state index contributed by atoms with van der Waals surface area (Å²) in [6, 6.07) is 5.79. The smallest absolute Gasteiger partial charge is 0.253 e. The molecule has 0 bridgehead atoms. The van der Waals surface area contributed by atoms with Gasteiger partial charge in [-0.1, -0.05) is 15.9 Å². The molecule has 0 atom stereocenters. The molecule has 9 nitrogen and oxygen atoms in total. The first-order valence-corrected chi connectivity index (χ1v) is 12.5. The molecule has 4 rings (SSSR count). The summed E-state index contributed by atoms with van der Waals surface area (Å²) in [5.41, 5.74) is 3.35. The molecule has 10 heteroatoms. The largest absolute Gasteiger partial charge is 0.348 e. The van der Waals surface area contributed by atoms with Crippen LogP contribution in [0.15, 0.2) is 33.7 Å². The van der Waals surface area contributed by atoms with Crippen molar-refractivity contribution >= 4 is 38.6 Å². The highest BCUT2D eigenvalue weighted by Gasteiger charge is 2.26. The van der Waals surface area contributed by atoms with E-state index in [1.807, 2.05) is 54.6 Å². The van der Waals surface area contributed by atoms with Gasteiger partial charge in [-0.2, -0.15) is 5.10 Å². The van der Waals surface area contributed by atoms with Gasteiger partial charge in [-0.05, 0) is 64.5 Å². The predicted octanol–water partition coefficient (Wildman–Crippen LogP) is 2.76. The number of pyridine rings is 1. The summed E-state index contributed by atoms with van der Waals surface area (Å²) in [6.07, 6.45) is 3.34. The first kappa shape index (κ1) is 25.1. The predicted molar refractivity (Wildman–Crippen MR) is 139 cm³/mol. The number of aromatic nitrogens is 3. The zero-order valence-electron chi connectivity index (χ0n) is 20.5. The Hall–Kier alpha value is -2.98. The molecule has 2 N–H and O–H groups in total. The fourth-order valence-corrected chi connectivity index (χ4v) is 5.13. The maximum atomic E-state index is 13.1. The van der Waals surface area contributed by atoms with E-state index in [0.717, 1.165) is 39.5 Å². The van der Waals surface area contributed by atoms with Gasteiger partial charge in [0, 0.05) is 40.8 Å². The van der Waals surface area contributed by atoms with E-state index >= 15 is 0 Å². The lowest BCUT2D eigenvalue weighted by atomic mass is 10.0. The maximum Gasteiger partial charge on any atom is 0.253 e. The number of likely N-dealkylation sites (tertiary alicyclic amines) is 1. The molecule has 2 aromatic heterocycles. The van der Waals surface area contributed by atoms with Crippen LogP contribution in [0.5, 0.6) is 0 Å². The minimum absolute atomic E-state index is 0.141. The van der Waals surface area contributed by atoms with Crippen molar-refractivity contribution in [2.75, 3.05) is 33.7 Å². The number of hydrogen-bond acceptors (Lipinski definition) is 5. The van der Waals surface area contributed by atoms with E-state index in [-0.39, 0.29) is 30.0 Å². The lowest BCUT2D eigenvalue weighted by molar-refractivity contribution is -0.133. The van der Waals surface area contributed by atoms with E-state index in [2.05, 4.69) is 31.3 Å². The third-order valence-electron chi connectivity index (χ3n) is 6.46. The number of benzene rings is 1. The number of nitrogens with zero attached hydrogens (tertiary/aromatic N) is 4. The Kier molecular flexibility index (Phi) is 7.42. The quantitative estimate of drug-likeness (QED) is 0.498. The Morgan fingerprint density at radius 3 is 2.57 bits per heavy atom. The Bertz CT molecular complexity index is 1320. The molecule has 35 heavy (non-hydrogen) atoms. The molecule has 3 aromatic rings. The molecule has 186 valence electrons. The highest BCUT2D eigenvalue weighted by atomic mass is 79.9. The molecule has 3 heterocycles. The normalized spacial score (nSPS) is 14.6. The van der Waals surface area contributed by atoms with Crippen molar-refractivity contribution < 1.29 is 9.59 Å². The van der Waals surface area contributed by atoms with Crippen LogP contribution in [0, 0.1) is 13.8 Å². The number of aryl methyl sites for hydroxylation is 2. The topological polar surface area (TPSA) is 103 Å². The van der Waals surface area contributed by atoms with Gasteiger partial charge in [0.25, 0.3) is 11.5 Å². The van der Waals surface area contributed by atoms with Crippen molar-refractivity contribution in [1.29, 1.82) is 0 Å². The molecule has 0 unspecified atom stereocenters. The first-order valence-electron chi connectivity index (χ1n) is 11.7. The molecular formula is C25H31BrN6O3. The molecular weight excluding hydrogens is 512 g/mol. The number of rotatable bonds is 6.